The van der Waals surface area contributed by atoms with Gasteiger partial charge in [-0.1, -0.05) is 15.9 Å². The molecule has 0 aliphatic heterocycles. The van der Waals surface area contributed by atoms with Crippen LogP contribution in [0.3, 0.4) is 0 Å². The molecule has 1 saturated carbocycles. The molecule has 0 radical (unpaired) electrons. The molecule has 0 spiro atoms. The summed E-state index contributed by atoms with van der Waals surface area (Å²) in [6.45, 7) is 1.68. The summed E-state index contributed by atoms with van der Waals surface area (Å²) in [6.07, 6.45) is 2.68. The summed E-state index contributed by atoms with van der Waals surface area (Å²) in [5, 5.41) is 0. The molecular formula is C15H23BrN2O2. The van der Waals surface area contributed by atoms with Crippen LogP contribution in [0.4, 0.5) is 0 Å². The summed E-state index contributed by atoms with van der Waals surface area (Å²) < 4.78 is 11.7. The normalized spacial score (nSPS) is 16.3. The Morgan fingerprint density at radius 2 is 1.90 bits per heavy atom. The first-order valence-corrected chi connectivity index (χ1v) is 7.71. The van der Waals surface area contributed by atoms with Gasteiger partial charge in [-0.15, -0.1) is 0 Å². The van der Waals surface area contributed by atoms with Crippen LogP contribution in [0.25, 0.3) is 0 Å². The van der Waals surface area contributed by atoms with Gasteiger partial charge in [0, 0.05) is 23.6 Å². The number of methoxy groups -OCH3 is 2. The van der Waals surface area contributed by atoms with Crippen LogP contribution in [0, 0.1) is 5.92 Å². The van der Waals surface area contributed by atoms with Crippen molar-refractivity contribution >= 4 is 15.9 Å². The fourth-order valence-electron chi connectivity index (χ4n) is 2.50. The summed E-state index contributed by atoms with van der Waals surface area (Å²) in [4.78, 5) is 2.34. The predicted molar refractivity (Wildman–Crippen MR) is 84.4 cm³/mol. The SMILES string of the molecule is COc1cc(Br)c(C(CN)N(C)CC2CC2)cc1OC. The fourth-order valence-corrected chi connectivity index (χ4v) is 3.09. The molecule has 1 aliphatic carbocycles. The molecule has 0 heterocycles. The molecule has 5 heteroatoms. The number of nitrogens with two attached hydrogens (primary N) is 1. The van der Waals surface area contributed by atoms with E-state index in [0.717, 1.165) is 34.0 Å². The van der Waals surface area contributed by atoms with Gasteiger partial charge in [0.1, 0.15) is 0 Å². The molecule has 1 aromatic rings. The first kappa shape index (κ1) is 15.6. The Kier molecular flexibility index (Phi) is 5.29. The van der Waals surface area contributed by atoms with E-state index in [1.165, 1.54) is 12.8 Å². The first-order valence-electron chi connectivity index (χ1n) is 6.92. The Labute approximate surface area is 129 Å². The molecule has 112 valence electrons. The molecule has 20 heavy (non-hydrogen) atoms. The summed E-state index contributed by atoms with van der Waals surface area (Å²) >= 11 is 3.63. The monoisotopic (exact) mass is 342 g/mol. The number of ether oxygens (including phenoxy) is 2. The highest BCUT2D eigenvalue weighted by molar-refractivity contribution is 9.10. The van der Waals surface area contributed by atoms with Gasteiger partial charge in [0.15, 0.2) is 11.5 Å². The Morgan fingerprint density at radius 1 is 1.30 bits per heavy atom. The molecule has 1 fully saturated rings. The molecule has 1 aliphatic rings. The number of hydrogen-bond acceptors (Lipinski definition) is 4. The highest BCUT2D eigenvalue weighted by Gasteiger charge is 2.27. The molecule has 1 aromatic carbocycles. The first-order chi connectivity index (χ1) is 9.60. The Morgan fingerprint density at radius 3 is 2.40 bits per heavy atom. The van der Waals surface area contributed by atoms with Gasteiger partial charge in [0.05, 0.1) is 14.2 Å². The summed E-state index contributed by atoms with van der Waals surface area (Å²) in [5.74, 6) is 2.31. The van der Waals surface area contributed by atoms with Crippen molar-refractivity contribution in [2.75, 3.05) is 34.4 Å². The number of halogens is 1. The number of rotatable bonds is 7. The van der Waals surface area contributed by atoms with Crippen molar-refractivity contribution < 1.29 is 9.47 Å². The number of benzene rings is 1. The third-order valence-electron chi connectivity index (χ3n) is 3.86. The quantitative estimate of drug-likeness (QED) is 0.827. The van der Waals surface area contributed by atoms with E-state index < -0.39 is 0 Å². The third kappa shape index (κ3) is 3.45. The zero-order valence-corrected chi connectivity index (χ0v) is 13.9. The van der Waals surface area contributed by atoms with E-state index in [2.05, 4.69) is 27.9 Å². The van der Waals surface area contributed by atoms with Crippen molar-refractivity contribution in [2.24, 2.45) is 11.7 Å². The molecule has 2 rings (SSSR count). The lowest BCUT2D eigenvalue weighted by Gasteiger charge is -2.28. The summed E-state index contributed by atoms with van der Waals surface area (Å²) in [5.41, 5.74) is 7.14. The van der Waals surface area contributed by atoms with E-state index >= 15 is 0 Å². The predicted octanol–water partition coefficient (Wildman–Crippen LogP) is 2.81. The fraction of sp³-hybridized carbons (Fsp3) is 0.600. The van der Waals surface area contributed by atoms with Crippen LogP contribution in [-0.2, 0) is 0 Å². The second kappa shape index (κ2) is 6.78. The van der Waals surface area contributed by atoms with Crippen molar-refractivity contribution in [3.05, 3.63) is 22.2 Å². The van der Waals surface area contributed by atoms with E-state index in [-0.39, 0.29) is 6.04 Å². The number of likely N-dealkylation sites (N-methyl/N-ethyl adjacent to an activating group) is 1. The largest absolute Gasteiger partial charge is 0.493 e. The van der Waals surface area contributed by atoms with Gasteiger partial charge >= 0.3 is 0 Å². The Balaban J connectivity index is 2.27. The lowest BCUT2D eigenvalue weighted by molar-refractivity contribution is 0.239. The highest BCUT2D eigenvalue weighted by atomic mass is 79.9. The summed E-state index contributed by atoms with van der Waals surface area (Å²) in [6, 6.07) is 4.15. The second-order valence-electron chi connectivity index (χ2n) is 5.36. The smallest absolute Gasteiger partial charge is 0.161 e. The number of hydrogen-bond donors (Lipinski definition) is 1. The molecule has 2 N–H and O–H groups in total. The van der Waals surface area contributed by atoms with Crippen LogP contribution in [0.2, 0.25) is 0 Å². The maximum absolute atomic E-state index is 6.00. The Bertz CT molecular complexity index is 463. The molecule has 4 nitrogen and oxygen atoms in total. The van der Waals surface area contributed by atoms with E-state index in [0.29, 0.717) is 6.54 Å². The van der Waals surface area contributed by atoms with Gasteiger partial charge < -0.3 is 15.2 Å². The molecule has 1 atom stereocenters. The van der Waals surface area contributed by atoms with E-state index in [9.17, 15) is 0 Å². The minimum absolute atomic E-state index is 0.185. The van der Waals surface area contributed by atoms with Crippen molar-refractivity contribution in [1.29, 1.82) is 0 Å². The second-order valence-corrected chi connectivity index (χ2v) is 6.22. The van der Waals surface area contributed by atoms with Crippen LogP contribution in [0.15, 0.2) is 16.6 Å². The molecule has 1 unspecified atom stereocenters. The third-order valence-corrected chi connectivity index (χ3v) is 4.55. The van der Waals surface area contributed by atoms with Crippen LogP contribution in [0.1, 0.15) is 24.4 Å². The van der Waals surface area contributed by atoms with E-state index in [1.807, 2.05) is 12.1 Å². The zero-order valence-electron chi connectivity index (χ0n) is 12.4. The average molecular weight is 343 g/mol. The minimum Gasteiger partial charge on any atom is -0.493 e. The molecular weight excluding hydrogens is 320 g/mol. The summed E-state index contributed by atoms with van der Waals surface area (Å²) in [7, 11) is 5.43. The van der Waals surface area contributed by atoms with Gasteiger partial charge in [0.25, 0.3) is 0 Å². The van der Waals surface area contributed by atoms with Crippen molar-refractivity contribution in [3.8, 4) is 11.5 Å². The average Bonchev–Trinajstić information content (AvgIpc) is 3.24. The molecule has 0 saturated heterocycles. The lowest BCUT2D eigenvalue weighted by Crippen LogP contribution is -2.32. The lowest BCUT2D eigenvalue weighted by atomic mass is 10.0. The van der Waals surface area contributed by atoms with Crippen molar-refractivity contribution in [2.45, 2.75) is 18.9 Å². The van der Waals surface area contributed by atoms with Crippen LogP contribution in [0.5, 0.6) is 11.5 Å². The Hall–Kier alpha value is -0.780. The van der Waals surface area contributed by atoms with Crippen molar-refractivity contribution in [1.82, 2.24) is 4.90 Å². The van der Waals surface area contributed by atoms with Crippen LogP contribution >= 0.6 is 15.9 Å². The number of nitrogens with zero attached hydrogens (tertiary/aromatic N) is 1. The minimum atomic E-state index is 0.185. The van der Waals surface area contributed by atoms with Gasteiger partial charge in [-0.05, 0) is 43.5 Å². The van der Waals surface area contributed by atoms with Gasteiger partial charge in [-0.2, -0.15) is 0 Å². The van der Waals surface area contributed by atoms with E-state index in [4.69, 9.17) is 15.2 Å². The van der Waals surface area contributed by atoms with Crippen molar-refractivity contribution in [3.63, 3.8) is 0 Å². The van der Waals surface area contributed by atoms with Crippen LogP contribution in [-0.4, -0.2) is 39.3 Å². The van der Waals surface area contributed by atoms with Gasteiger partial charge in [-0.3, -0.25) is 4.90 Å². The molecule has 0 aromatic heterocycles. The van der Waals surface area contributed by atoms with E-state index in [1.54, 1.807) is 14.2 Å². The topological polar surface area (TPSA) is 47.7 Å². The molecule has 0 amide bonds. The van der Waals surface area contributed by atoms with Gasteiger partial charge in [0.2, 0.25) is 0 Å². The maximum atomic E-state index is 6.00. The standard InChI is InChI=1S/C15H23BrN2O2/c1-18(9-10-4-5-10)13(8-17)11-6-14(19-2)15(20-3)7-12(11)16/h6-7,10,13H,4-5,8-9,17H2,1-3H3. The van der Waals surface area contributed by atoms with Crippen LogP contribution < -0.4 is 15.2 Å². The zero-order chi connectivity index (χ0) is 14.7. The van der Waals surface area contributed by atoms with Gasteiger partial charge in [-0.25, -0.2) is 0 Å². The highest BCUT2D eigenvalue weighted by Crippen LogP contribution is 2.38. The maximum Gasteiger partial charge on any atom is 0.161 e. The molecule has 0 bridgehead atoms.